The minimum Gasteiger partial charge on any atom is -0.480 e. The molecule has 3 aromatic carbocycles. The molecule has 0 spiro atoms. The second-order valence-electron chi connectivity index (χ2n) is 14.1. The van der Waals surface area contributed by atoms with E-state index in [1.165, 1.54) is 31.4 Å². The number of amides is 1. The highest BCUT2D eigenvalue weighted by molar-refractivity contribution is 5.91. The lowest BCUT2D eigenvalue weighted by molar-refractivity contribution is -0.166. The van der Waals surface area contributed by atoms with Gasteiger partial charge in [0.15, 0.2) is 0 Å². The van der Waals surface area contributed by atoms with E-state index in [0.29, 0.717) is 37.1 Å². The van der Waals surface area contributed by atoms with Gasteiger partial charge in [0.05, 0.1) is 6.04 Å². The molecule has 226 valence electrons. The Labute approximate surface area is 257 Å². The Morgan fingerprint density at radius 2 is 1.45 bits per heavy atom. The van der Waals surface area contributed by atoms with E-state index in [2.05, 4.69) is 16.7 Å². The molecule has 1 N–H and O–H groups in total. The lowest BCUT2D eigenvalue weighted by Gasteiger charge is -2.62. The third kappa shape index (κ3) is 4.56. The Bertz CT molecular complexity index is 1690. The third-order valence-electron chi connectivity index (χ3n) is 11.4. The number of carbonyl (C=O) groups is 2. The molecule has 0 radical (unpaired) electrons. The summed E-state index contributed by atoms with van der Waals surface area (Å²) in [5.74, 6) is 0.683. The molecule has 4 bridgehead atoms. The van der Waals surface area contributed by atoms with E-state index in [4.69, 9.17) is 0 Å². The molecular formula is C38H39FN2O3. The van der Waals surface area contributed by atoms with Crippen molar-refractivity contribution in [3.8, 4) is 0 Å². The topological polar surface area (TPSA) is 62.5 Å². The number of para-hydroxylation sites is 1. The molecule has 4 saturated carbocycles. The van der Waals surface area contributed by atoms with Gasteiger partial charge in [-0.25, -0.2) is 9.18 Å². The molecule has 1 aliphatic heterocycles. The fourth-order valence-electron chi connectivity index (χ4n) is 10.1. The van der Waals surface area contributed by atoms with Gasteiger partial charge in [-0.2, -0.15) is 0 Å². The number of fused-ring (bicyclic) bond motifs is 3. The van der Waals surface area contributed by atoms with E-state index in [1.54, 1.807) is 0 Å². The summed E-state index contributed by atoms with van der Waals surface area (Å²) < 4.78 is 16.3. The Balaban J connectivity index is 1.31. The lowest BCUT2D eigenvalue weighted by Crippen LogP contribution is -2.60. The van der Waals surface area contributed by atoms with E-state index in [9.17, 15) is 19.1 Å². The van der Waals surface area contributed by atoms with Crippen molar-refractivity contribution in [3.63, 3.8) is 0 Å². The SMILES string of the molecule is O=C(O)[C@@H]1Cc2c(n(Cc3ccc(F)cc3)c3ccccc23)[C@@H](C23CC4CC(CC(C4)C2)C3)N1C(=O)CCc1ccccc1. The highest BCUT2D eigenvalue weighted by atomic mass is 19.1. The molecule has 4 aliphatic carbocycles. The van der Waals surface area contributed by atoms with Gasteiger partial charge in [0.2, 0.25) is 5.91 Å². The standard InChI is InChI=1S/C38H39FN2O3/c39-29-13-10-25(11-14-29)23-40-32-9-5-4-8-30(32)31-19-33(37(43)44)41(34(42)15-12-24-6-2-1-3-7-24)36(35(31)40)38-20-26-16-27(21-38)18-28(17-26)22-38/h1-11,13-14,26-28,33,36H,12,15-23H2,(H,43,44)/t26?,27?,28?,33-,36-,38?/m0/s1. The number of halogens is 1. The average molecular weight is 591 g/mol. The molecule has 9 rings (SSSR count). The van der Waals surface area contributed by atoms with Crippen LogP contribution in [0.15, 0.2) is 78.9 Å². The van der Waals surface area contributed by atoms with E-state index >= 15 is 0 Å². The highest BCUT2D eigenvalue weighted by Gasteiger charge is 2.60. The number of aryl methyl sites for hydroxylation is 1. The summed E-state index contributed by atoms with van der Waals surface area (Å²) in [4.78, 5) is 29.5. The summed E-state index contributed by atoms with van der Waals surface area (Å²) in [6.45, 7) is 0.544. The van der Waals surface area contributed by atoms with Crippen LogP contribution < -0.4 is 0 Å². The Morgan fingerprint density at radius 3 is 2.11 bits per heavy atom. The maximum Gasteiger partial charge on any atom is 0.326 e. The van der Waals surface area contributed by atoms with Crippen LogP contribution in [-0.4, -0.2) is 32.5 Å². The molecule has 1 aromatic heterocycles. The first kappa shape index (κ1) is 27.6. The highest BCUT2D eigenvalue weighted by Crippen LogP contribution is 2.66. The zero-order valence-corrected chi connectivity index (χ0v) is 25.0. The van der Waals surface area contributed by atoms with Crippen molar-refractivity contribution in [2.24, 2.45) is 23.2 Å². The van der Waals surface area contributed by atoms with Crippen LogP contribution in [-0.2, 0) is 29.0 Å². The zero-order chi connectivity index (χ0) is 30.0. The van der Waals surface area contributed by atoms with Gasteiger partial charge in [-0.15, -0.1) is 0 Å². The van der Waals surface area contributed by atoms with Crippen LogP contribution in [0.2, 0.25) is 0 Å². The first-order valence-electron chi connectivity index (χ1n) is 16.3. The summed E-state index contributed by atoms with van der Waals surface area (Å²) in [5.41, 5.74) is 5.17. The first-order chi connectivity index (χ1) is 21.4. The number of hydrogen-bond acceptors (Lipinski definition) is 2. The molecule has 4 aromatic rings. The van der Waals surface area contributed by atoms with Crippen LogP contribution >= 0.6 is 0 Å². The van der Waals surface area contributed by atoms with Crippen LogP contribution in [0.1, 0.15) is 73.4 Å². The van der Waals surface area contributed by atoms with Crippen molar-refractivity contribution in [1.29, 1.82) is 0 Å². The minimum atomic E-state index is -0.922. The second-order valence-corrected chi connectivity index (χ2v) is 14.1. The van der Waals surface area contributed by atoms with Gasteiger partial charge in [-0.1, -0.05) is 60.7 Å². The molecule has 4 fully saturated rings. The maximum absolute atomic E-state index is 14.5. The summed E-state index contributed by atoms with van der Waals surface area (Å²) in [5, 5.41) is 11.8. The zero-order valence-electron chi connectivity index (χ0n) is 25.0. The van der Waals surface area contributed by atoms with Crippen molar-refractivity contribution in [2.75, 3.05) is 0 Å². The van der Waals surface area contributed by atoms with Crippen molar-refractivity contribution in [2.45, 2.75) is 76.4 Å². The molecule has 2 atom stereocenters. The monoisotopic (exact) mass is 590 g/mol. The van der Waals surface area contributed by atoms with Gasteiger partial charge >= 0.3 is 5.97 Å². The molecule has 44 heavy (non-hydrogen) atoms. The number of carboxylic acid groups (broad SMARTS) is 1. The second kappa shape index (κ2) is 10.6. The molecule has 1 amide bonds. The van der Waals surface area contributed by atoms with E-state index < -0.39 is 12.0 Å². The van der Waals surface area contributed by atoms with Gasteiger partial charge in [0.25, 0.3) is 0 Å². The smallest absolute Gasteiger partial charge is 0.326 e. The fourth-order valence-corrected chi connectivity index (χ4v) is 10.1. The van der Waals surface area contributed by atoms with Gasteiger partial charge in [-0.05, 0) is 103 Å². The van der Waals surface area contributed by atoms with Crippen LogP contribution in [0.3, 0.4) is 0 Å². The average Bonchev–Trinajstić information content (AvgIpc) is 3.32. The van der Waals surface area contributed by atoms with Gasteiger partial charge < -0.3 is 14.6 Å². The maximum atomic E-state index is 14.5. The molecule has 5 nitrogen and oxygen atoms in total. The van der Waals surface area contributed by atoms with Crippen molar-refractivity contribution in [3.05, 3.63) is 107 Å². The molecule has 6 heteroatoms. The number of aliphatic carboxylic acids is 1. The Morgan fingerprint density at radius 1 is 0.818 bits per heavy atom. The fraction of sp³-hybridized carbons (Fsp3) is 0.421. The predicted molar refractivity (Wildman–Crippen MR) is 168 cm³/mol. The number of carbonyl (C=O) groups excluding carboxylic acids is 1. The normalized spacial score (nSPS) is 28.8. The van der Waals surface area contributed by atoms with Crippen molar-refractivity contribution >= 4 is 22.8 Å². The summed E-state index contributed by atoms with van der Waals surface area (Å²) in [7, 11) is 0. The number of rotatable bonds is 7. The Hall–Kier alpha value is -3.93. The van der Waals surface area contributed by atoms with E-state index in [1.807, 2.05) is 59.5 Å². The minimum absolute atomic E-state index is 0.0637. The van der Waals surface area contributed by atoms with Crippen molar-refractivity contribution < 1.29 is 19.1 Å². The molecule has 5 aliphatic rings. The number of hydrogen-bond donors (Lipinski definition) is 1. The van der Waals surface area contributed by atoms with E-state index in [0.717, 1.165) is 52.5 Å². The number of benzene rings is 3. The summed E-state index contributed by atoms with van der Waals surface area (Å²) >= 11 is 0. The summed E-state index contributed by atoms with van der Waals surface area (Å²) in [6, 6.07) is 23.8. The molecule has 2 heterocycles. The van der Waals surface area contributed by atoms with Gasteiger partial charge in [-0.3, -0.25) is 4.79 Å². The molecule has 0 saturated heterocycles. The third-order valence-corrected chi connectivity index (χ3v) is 11.4. The first-order valence-corrected chi connectivity index (χ1v) is 16.3. The summed E-state index contributed by atoms with van der Waals surface area (Å²) in [6.07, 6.45) is 8.11. The molecule has 0 unspecified atom stereocenters. The van der Waals surface area contributed by atoms with Crippen LogP contribution in [0.5, 0.6) is 0 Å². The molecular weight excluding hydrogens is 551 g/mol. The lowest BCUT2D eigenvalue weighted by atomic mass is 9.47. The number of carboxylic acids is 1. The van der Waals surface area contributed by atoms with Crippen LogP contribution in [0.25, 0.3) is 10.9 Å². The Kier molecular flexibility index (Phi) is 6.65. The largest absolute Gasteiger partial charge is 0.480 e. The van der Waals surface area contributed by atoms with E-state index in [-0.39, 0.29) is 29.6 Å². The quantitative estimate of drug-likeness (QED) is 0.242. The van der Waals surface area contributed by atoms with Gasteiger partial charge in [0, 0.05) is 36.0 Å². The number of nitrogens with zero attached hydrogens (tertiary/aromatic N) is 2. The van der Waals surface area contributed by atoms with Crippen LogP contribution in [0, 0.1) is 29.0 Å². The van der Waals surface area contributed by atoms with Gasteiger partial charge in [0.1, 0.15) is 11.9 Å². The predicted octanol–water partition coefficient (Wildman–Crippen LogP) is 7.56. The van der Waals surface area contributed by atoms with Crippen LogP contribution in [0.4, 0.5) is 4.39 Å². The van der Waals surface area contributed by atoms with Crippen molar-refractivity contribution in [1.82, 2.24) is 9.47 Å². The number of aromatic nitrogens is 1.